The van der Waals surface area contributed by atoms with Crippen LogP contribution in [-0.4, -0.2) is 37.9 Å². The van der Waals surface area contributed by atoms with Gasteiger partial charge in [0, 0.05) is 23.1 Å². The fraction of sp³-hybridized carbons (Fsp3) is 0.375. The van der Waals surface area contributed by atoms with Crippen LogP contribution in [0.4, 0.5) is 0 Å². The van der Waals surface area contributed by atoms with Crippen molar-refractivity contribution in [2.45, 2.75) is 25.4 Å². The van der Waals surface area contributed by atoms with Gasteiger partial charge < -0.3 is 14.3 Å². The number of hydrogen-bond acceptors (Lipinski definition) is 3. The van der Waals surface area contributed by atoms with Crippen molar-refractivity contribution in [1.82, 2.24) is 0 Å². The molecule has 0 saturated heterocycles. The van der Waals surface area contributed by atoms with E-state index in [1.54, 1.807) is 33.4 Å². The molecule has 0 amide bonds. The molecule has 2 N–H and O–H groups in total. The van der Waals surface area contributed by atoms with Crippen LogP contribution < -0.4 is 9.13 Å². The van der Waals surface area contributed by atoms with E-state index in [2.05, 4.69) is 0 Å². The monoisotopic (exact) mass is 418 g/mol. The highest BCUT2D eigenvalue weighted by Gasteiger charge is 2.45. The summed E-state index contributed by atoms with van der Waals surface area (Å²) in [6.45, 7) is 4.10. The lowest BCUT2D eigenvalue weighted by atomic mass is 10.5. The van der Waals surface area contributed by atoms with E-state index in [9.17, 15) is 10.2 Å². The molecule has 0 aliphatic rings. The Bertz CT molecular complexity index is 666. The number of aromatic nitrogens is 2. The average Bonchev–Trinajstić information content (AvgIpc) is 2.59. The standard InChI is InChI=1S/C16H22Cl2N2O3Si2/c1-24(11-17,13-19-9-5-3-7-15(19)21)23-25(2,12-18)14-20-10-6-4-8-16(20)22/h3-10H,11-14H2,1-2H3/p+2/t24-,25+. The first-order chi connectivity index (χ1) is 11.8. The van der Waals surface area contributed by atoms with Crippen LogP contribution in [0.15, 0.2) is 48.8 Å². The Hall–Kier alpha value is -1.13. The molecule has 136 valence electrons. The molecule has 25 heavy (non-hydrogen) atoms. The van der Waals surface area contributed by atoms with E-state index < -0.39 is 16.6 Å². The van der Waals surface area contributed by atoms with Gasteiger partial charge in [-0.3, -0.25) is 0 Å². The molecule has 0 saturated carbocycles. The molecule has 0 aliphatic carbocycles. The van der Waals surface area contributed by atoms with Gasteiger partial charge in [-0.15, -0.1) is 23.2 Å². The minimum absolute atomic E-state index is 0.180. The highest BCUT2D eigenvalue weighted by atomic mass is 35.5. The Morgan fingerprint density at radius 3 is 1.56 bits per heavy atom. The SMILES string of the molecule is C[Si@](CCl)(C[n+]1ccccc1O)O[Si@](C)(CCl)C[n+]1ccccc1O. The third kappa shape index (κ3) is 5.42. The Kier molecular flexibility index (Phi) is 6.87. The Labute approximate surface area is 160 Å². The van der Waals surface area contributed by atoms with Gasteiger partial charge in [0.05, 0.1) is 12.1 Å². The second kappa shape index (κ2) is 8.50. The van der Waals surface area contributed by atoms with Gasteiger partial charge >= 0.3 is 11.8 Å². The summed E-state index contributed by atoms with van der Waals surface area (Å²) in [5.41, 5.74) is 0.776. The molecule has 2 atom stereocenters. The Morgan fingerprint density at radius 1 is 0.840 bits per heavy atom. The highest BCUT2D eigenvalue weighted by molar-refractivity contribution is 6.89. The number of nitrogens with zero attached hydrogens (tertiary/aromatic N) is 2. The molecule has 9 heteroatoms. The number of pyridine rings is 2. The zero-order chi connectivity index (χ0) is 18.5. The van der Waals surface area contributed by atoms with Crippen molar-refractivity contribution in [3.05, 3.63) is 48.8 Å². The van der Waals surface area contributed by atoms with Crippen LogP contribution in [0.3, 0.4) is 0 Å². The number of rotatable bonds is 8. The molecule has 0 unspecified atom stereocenters. The number of halogens is 2. The van der Waals surface area contributed by atoms with E-state index in [1.165, 1.54) is 0 Å². The number of hydrogen-bond donors (Lipinski definition) is 2. The van der Waals surface area contributed by atoms with E-state index in [4.69, 9.17) is 27.3 Å². The second-order valence-electron chi connectivity index (χ2n) is 6.64. The first-order valence-electron chi connectivity index (χ1n) is 7.98. The van der Waals surface area contributed by atoms with Crippen molar-refractivity contribution in [2.24, 2.45) is 0 Å². The minimum atomic E-state index is -2.37. The second-order valence-corrected chi connectivity index (χ2v) is 16.0. The van der Waals surface area contributed by atoms with Gasteiger partial charge in [-0.25, -0.2) is 0 Å². The van der Waals surface area contributed by atoms with Crippen LogP contribution in [0.2, 0.25) is 13.1 Å². The summed E-state index contributed by atoms with van der Waals surface area (Å²) in [7, 11) is -4.75. The third-order valence-electron chi connectivity index (χ3n) is 3.90. The lowest BCUT2D eigenvalue weighted by Gasteiger charge is -2.32. The molecule has 2 aromatic heterocycles. The van der Waals surface area contributed by atoms with Gasteiger partial charge in [0.15, 0.2) is 24.7 Å². The van der Waals surface area contributed by atoms with Gasteiger partial charge in [-0.05, 0) is 25.2 Å². The normalized spacial score (nSPS) is 16.2. The van der Waals surface area contributed by atoms with Gasteiger partial charge in [-0.1, -0.05) is 0 Å². The molecular formula is C16H24Cl2N2O3Si2+2. The predicted octanol–water partition coefficient (Wildman–Crippen LogP) is 2.17. The zero-order valence-electron chi connectivity index (χ0n) is 14.4. The van der Waals surface area contributed by atoms with Crippen molar-refractivity contribution in [3.8, 4) is 11.8 Å². The first kappa shape index (κ1) is 20.2. The first-order valence-corrected chi connectivity index (χ1v) is 14.7. The van der Waals surface area contributed by atoms with Crippen molar-refractivity contribution < 1.29 is 23.5 Å². The van der Waals surface area contributed by atoms with E-state index in [1.807, 2.05) is 37.6 Å². The summed E-state index contributed by atoms with van der Waals surface area (Å²) in [5, 5.41) is 20.1. The van der Waals surface area contributed by atoms with Gasteiger partial charge in [0.1, 0.15) is 0 Å². The van der Waals surface area contributed by atoms with Crippen molar-refractivity contribution in [3.63, 3.8) is 0 Å². The lowest BCUT2D eigenvalue weighted by molar-refractivity contribution is -0.689. The molecule has 2 heterocycles. The molecular weight excluding hydrogens is 395 g/mol. The Balaban J connectivity index is 2.21. The molecule has 2 rings (SSSR count). The van der Waals surface area contributed by atoms with Crippen LogP contribution in [0, 0.1) is 0 Å². The molecule has 0 aromatic carbocycles. The number of alkyl halides is 2. The Morgan fingerprint density at radius 2 is 1.24 bits per heavy atom. The van der Waals surface area contributed by atoms with Crippen molar-refractivity contribution in [2.75, 3.05) is 11.0 Å². The molecule has 0 aliphatic heterocycles. The quantitative estimate of drug-likeness (QED) is 0.392. The molecule has 0 radical (unpaired) electrons. The van der Waals surface area contributed by atoms with Crippen molar-refractivity contribution >= 4 is 39.8 Å². The van der Waals surface area contributed by atoms with Gasteiger partial charge in [0.2, 0.25) is 0 Å². The predicted molar refractivity (Wildman–Crippen MR) is 102 cm³/mol. The molecule has 2 aromatic rings. The highest BCUT2D eigenvalue weighted by Crippen LogP contribution is 2.19. The summed E-state index contributed by atoms with van der Waals surface area (Å²) in [6.07, 6.45) is 4.70. The summed E-state index contributed by atoms with van der Waals surface area (Å²) in [5.74, 6) is 0.360. The zero-order valence-corrected chi connectivity index (χ0v) is 17.9. The smallest absolute Gasteiger partial charge is 0.365 e. The van der Waals surface area contributed by atoms with Crippen LogP contribution in [0.1, 0.15) is 0 Å². The maximum Gasteiger partial charge on any atom is 0.365 e. The van der Waals surface area contributed by atoms with E-state index >= 15 is 0 Å². The summed E-state index contributed by atoms with van der Waals surface area (Å²) in [4.78, 5) is 0. The molecule has 0 spiro atoms. The van der Waals surface area contributed by atoms with E-state index in [0.29, 0.717) is 23.3 Å². The summed E-state index contributed by atoms with van der Waals surface area (Å²) in [6, 6.07) is 10.5. The van der Waals surface area contributed by atoms with Gasteiger partial charge in [-0.2, -0.15) is 9.13 Å². The fourth-order valence-corrected chi connectivity index (χ4v) is 12.1. The molecule has 5 nitrogen and oxygen atoms in total. The van der Waals surface area contributed by atoms with Crippen molar-refractivity contribution in [1.29, 1.82) is 0 Å². The van der Waals surface area contributed by atoms with Gasteiger partial charge in [0.25, 0.3) is 16.6 Å². The maximum absolute atomic E-state index is 10.0. The molecule has 0 bridgehead atoms. The maximum atomic E-state index is 10.0. The largest absolute Gasteiger partial charge is 0.460 e. The van der Waals surface area contributed by atoms with Crippen LogP contribution in [-0.2, 0) is 16.5 Å². The van der Waals surface area contributed by atoms with Crippen LogP contribution in [0.25, 0.3) is 0 Å². The third-order valence-corrected chi connectivity index (χ3v) is 14.4. The lowest BCUT2D eigenvalue weighted by Crippen LogP contribution is -2.63. The molecule has 0 fully saturated rings. The van der Waals surface area contributed by atoms with E-state index in [-0.39, 0.29) is 11.8 Å². The topological polar surface area (TPSA) is 57.5 Å². The minimum Gasteiger partial charge on any atom is -0.460 e. The summed E-state index contributed by atoms with van der Waals surface area (Å²) >= 11 is 12.5. The average molecular weight is 419 g/mol. The summed E-state index contributed by atoms with van der Waals surface area (Å²) < 4.78 is 10.1. The fourth-order valence-electron chi connectivity index (χ4n) is 2.72. The van der Waals surface area contributed by atoms with Crippen LogP contribution >= 0.6 is 23.2 Å². The number of aromatic hydroxyl groups is 2. The van der Waals surface area contributed by atoms with Crippen LogP contribution in [0.5, 0.6) is 11.8 Å². The van der Waals surface area contributed by atoms with E-state index in [0.717, 1.165) is 0 Å².